The van der Waals surface area contributed by atoms with E-state index in [4.69, 9.17) is 10.8 Å². The van der Waals surface area contributed by atoms with Crippen molar-refractivity contribution in [3.05, 3.63) is 39.7 Å². The van der Waals surface area contributed by atoms with Crippen molar-refractivity contribution in [2.45, 2.75) is 19.9 Å². The molecular weight excluding hydrogens is 227 g/mol. The molecule has 0 unspecified atom stereocenters. The fourth-order valence-corrected chi connectivity index (χ4v) is 1.40. The first kappa shape index (κ1) is 13.5. The van der Waals surface area contributed by atoms with Crippen molar-refractivity contribution in [1.82, 2.24) is 0 Å². The number of halogens is 1. The summed E-state index contributed by atoms with van der Waals surface area (Å²) < 4.78 is 13.6. The number of aliphatic hydroxyl groups is 1. The average molecular weight is 242 g/mol. The Morgan fingerprint density at radius 1 is 1.59 bits per heavy atom. The maximum atomic E-state index is 13.6. The fraction of sp³-hybridized carbons (Fsp3) is 0.455. The molecule has 0 radical (unpaired) electrons. The van der Waals surface area contributed by atoms with Crippen molar-refractivity contribution in [3.8, 4) is 0 Å². The number of aliphatic hydroxyl groups excluding tert-OH is 1. The van der Waals surface area contributed by atoms with E-state index in [0.29, 0.717) is 0 Å². The Morgan fingerprint density at radius 3 is 2.65 bits per heavy atom. The van der Waals surface area contributed by atoms with Gasteiger partial charge in [0.2, 0.25) is 0 Å². The Morgan fingerprint density at radius 2 is 2.18 bits per heavy atom. The van der Waals surface area contributed by atoms with Crippen LogP contribution in [0.3, 0.4) is 0 Å². The smallest absolute Gasteiger partial charge is 0.269 e. The highest BCUT2D eigenvalue weighted by Crippen LogP contribution is 2.33. The molecule has 0 fully saturated rings. The van der Waals surface area contributed by atoms with Gasteiger partial charge in [-0.15, -0.1) is 0 Å². The highest BCUT2D eigenvalue weighted by molar-refractivity contribution is 5.37. The minimum Gasteiger partial charge on any atom is -0.396 e. The molecular formula is C11H15FN2O3. The maximum absolute atomic E-state index is 13.6. The lowest BCUT2D eigenvalue weighted by atomic mass is 9.81. The zero-order chi connectivity index (χ0) is 13.2. The number of nitro benzene ring substituents is 1. The summed E-state index contributed by atoms with van der Waals surface area (Å²) in [6.45, 7) is 3.09. The molecule has 6 heteroatoms. The fourth-order valence-electron chi connectivity index (χ4n) is 1.40. The standard InChI is InChI=1S/C11H15FN2O3/c1-11(2,6-15)10(13)8-5-7(14(16)17)3-4-9(8)12/h3-5,10,15H,6,13H2,1-2H3/t10-/m1/s1. The van der Waals surface area contributed by atoms with Gasteiger partial charge in [0, 0.05) is 35.8 Å². The van der Waals surface area contributed by atoms with Crippen LogP contribution in [-0.2, 0) is 0 Å². The van der Waals surface area contributed by atoms with Crippen LogP contribution in [0.2, 0.25) is 0 Å². The summed E-state index contributed by atoms with van der Waals surface area (Å²) in [5.74, 6) is -0.607. The number of non-ortho nitro benzene ring substituents is 1. The van der Waals surface area contributed by atoms with E-state index >= 15 is 0 Å². The molecule has 0 aliphatic heterocycles. The van der Waals surface area contributed by atoms with Crippen LogP contribution in [0.4, 0.5) is 10.1 Å². The van der Waals surface area contributed by atoms with E-state index in [1.807, 2.05) is 0 Å². The van der Waals surface area contributed by atoms with E-state index < -0.39 is 22.2 Å². The highest BCUT2D eigenvalue weighted by atomic mass is 19.1. The molecule has 1 atom stereocenters. The number of hydrogen-bond acceptors (Lipinski definition) is 4. The summed E-state index contributed by atoms with van der Waals surface area (Å²) in [6.07, 6.45) is 0. The maximum Gasteiger partial charge on any atom is 0.269 e. The summed E-state index contributed by atoms with van der Waals surface area (Å²) in [5, 5.41) is 19.8. The van der Waals surface area contributed by atoms with Gasteiger partial charge in [-0.3, -0.25) is 10.1 Å². The molecule has 94 valence electrons. The molecule has 0 bridgehead atoms. The molecule has 0 spiro atoms. The minimum atomic E-state index is -0.813. The van der Waals surface area contributed by atoms with Crippen LogP contribution >= 0.6 is 0 Å². The molecule has 3 N–H and O–H groups in total. The summed E-state index contributed by atoms with van der Waals surface area (Å²) in [7, 11) is 0. The van der Waals surface area contributed by atoms with Crippen LogP contribution in [0.5, 0.6) is 0 Å². The second-order valence-electron chi connectivity index (χ2n) is 4.59. The Bertz CT molecular complexity index is 435. The van der Waals surface area contributed by atoms with Gasteiger partial charge in [0.25, 0.3) is 5.69 Å². The molecule has 0 saturated heterocycles. The van der Waals surface area contributed by atoms with Crippen molar-refractivity contribution >= 4 is 5.69 Å². The van der Waals surface area contributed by atoms with E-state index in [-0.39, 0.29) is 17.9 Å². The quantitative estimate of drug-likeness (QED) is 0.621. The van der Waals surface area contributed by atoms with Gasteiger partial charge in [-0.25, -0.2) is 4.39 Å². The van der Waals surface area contributed by atoms with Crippen molar-refractivity contribution in [2.24, 2.45) is 11.1 Å². The number of hydrogen-bond donors (Lipinski definition) is 2. The van der Waals surface area contributed by atoms with Gasteiger partial charge in [0.1, 0.15) is 5.82 Å². The molecule has 17 heavy (non-hydrogen) atoms. The van der Waals surface area contributed by atoms with Gasteiger partial charge in [0.05, 0.1) is 4.92 Å². The topological polar surface area (TPSA) is 89.4 Å². The predicted molar refractivity (Wildman–Crippen MR) is 60.8 cm³/mol. The van der Waals surface area contributed by atoms with Gasteiger partial charge in [0.15, 0.2) is 0 Å². The largest absolute Gasteiger partial charge is 0.396 e. The average Bonchev–Trinajstić information content (AvgIpc) is 2.28. The second-order valence-corrected chi connectivity index (χ2v) is 4.59. The monoisotopic (exact) mass is 242 g/mol. The van der Waals surface area contributed by atoms with E-state index in [2.05, 4.69) is 0 Å². The van der Waals surface area contributed by atoms with Gasteiger partial charge in [-0.05, 0) is 6.07 Å². The number of nitro groups is 1. The summed E-state index contributed by atoms with van der Waals surface area (Å²) in [6, 6.07) is 2.39. The predicted octanol–water partition coefficient (Wildman–Crippen LogP) is 1.75. The lowest BCUT2D eigenvalue weighted by Gasteiger charge is -2.29. The normalized spacial score (nSPS) is 13.5. The highest BCUT2D eigenvalue weighted by Gasteiger charge is 2.30. The molecule has 1 aromatic carbocycles. The van der Waals surface area contributed by atoms with Crippen LogP contribution in [0, 0.1) is 21.3 Å². The molecule has 0 heterocycles. The number of benzene rings is 1. The first-order valence-electron chi connectivity index (χ1n) is 5.10. The van der Waals surface area contributed by atoms with Crippen LogP contribution in [0.25, 0.3) is 0 Å². The van der Waals surface area contributed by atoms with Crippen LogP contribution in [0.15, 0.2) is 18.2 Å². The van der Waals surface area contributed by atoms with E-state index in [9.17, 15) is 14.5 Å². The molecule has 0 amide bonds. The number of nitrogens with two attached hydrogens (primary N) is 1. The Balaban J connectivity index is 3.21. The third-order valence-corrected chi connectivity index (χ3v) is 2.77. The molecule has 1 aromatic rings. The van der Waals surface area contributed by atoms with Crippen molar-refractivity contribution in [2.75, 3.05) is 6.61 Å². The SMILES string of the molecule is CC(C)(CO)[C@H](N)c1cc([N+](=O)[O-])ccc1F. The Labute approximate surface area is 98.2 Å². The molecule has 0 aromatic heterocycles. The van der Waals surface area contributed by atoms with Crippen molar-refractivity contribution < 1.29 is 14.4 Å². The molecule has 0 aliphatic rings. The van der Waals surface area contributed by atoms with Gasteiger partial charge in [-0.2, -0.15) is 0 Å². The lowest BCUT2D eigenvalue weighted by Crippen LogP contribution is -2.33. The van der Waals surface area contributed by atoms with Crippen molar-refractivity contribution in [3.63, 3.8) is 0 Å². The molecule has 1 rings (SSSR count). The zero-order valence-electron chi connectivity index (χ0n) is 9.68. The van der Waals surface area contributed by atoms with E-state index in [1.165, 1.54) is 0 Å². The van der Waals surface area contributed by atoms with Crippen LogP contribution < -0.4 is 5.73 Å². The third-order valence-electron chi connectivity index (χ3n) is 2.77. The minimum absolute atomic E-state index is 0.0400. The zero-order valence-corrected chi connectivity index (χ0v) is 9.68. The van der Waals surface area contributed by atoms with Crippen LogP contribution in [0.1, 0.15) is 25.5 Å². The Kier molecular flexibility index (Phi) is 3.79. The molecule has 5 nitrogen and oxygen atoms in total. The molecule has 0 aliphatic carbocycles. The van der Waals surface area contributed by atoms with Gasteiger partial charge in [-0.1, -0.05) is 13.8 Å². The van der Waals surface area contributed by atoms with Gasteiger partial charge >= 0.3 is 0 Å². The van der Waals surface area contributed by atoms with Crippen LogP contribution in [-0.4, -0.2) is 16.6 Å². The Hall–Kier alpha value is -1.53. The first-order valence-corrected chi connectivity index (χ1v) is 5.10. The second kappa shape index (κ2) is 4.77. The summed E-state index contributed by atoms with van der Waals surface area (Å²) in [5.41, 5.74) is 4.90. The summed E-state index contributed by atoms with van der Waals surface area (Å²) >= 11 is 0. The van der Waals surface area contributed by atoms with Crippen molar-refractivity contribution in [1.29, 1.82) is 0 Å². The van der Waals surface area contributed by atoms with Gasteiger partial charge < -0.3 is 10.8 Å². The third kappa shape index (κ3) is 2.78. The lowest BCUT2D eigenvalue weighted by molar-refractivity contribution is -0.385. The first-order chi connectivity index (χ1) is 7.79. The number of nitrogens with zero attached hydrogens (tertiary/aromatic N) is 1. The van der Waals surface area contributed by atoms with E-state index in [1.54, 1.807) is 13.8 Å². The number of rotatable bonds is 4. The van der Waals surface area contributed by atoms with E-state index in [0.717, 1.165) is 18.2 Å². The molecule has 0 saturated carbocycles. The summed E-state index contributed by atoms with van der Waals surface area (Å²) in [4.78, 5) is 9.99.